The number of ether oxygens (including phenoxy) is 1. The van der Waals surface area contributed by atoms with Crippen LogP contribution in [0.4, 0.5) is 0 Å². The second-order valence-electron chi connectivity index (χ2n) is 9.80. The number of benzene rings is 2. The lowest BCUT2D eigenvalue weighted by Gasteiger charge is -2.29. The Bertz CT molecular complexity index is 1280. The standard InChI is InChI=1S/C28H33N5O2/c1-28(2,3)35-26(18-24(29)34)33-25(12-8-7-11-20-9-5-4-6-10-20)31-32-27(33)22-13-14-23-19-30-16-15-21(23)17-22/h4-6,9-10,13-17,19,26H,7-8,11-12,18H2,1-3H3,(H2,29,34). The van der Waals surface area contributed by atoms with Crippen molar-refractivity contribution in [2.75, 3.05) is 0 Å². The monoisotopic (exact) mass is 471 g/mol. The van der Waals surface area contributed by atoms with E-state index in [1.54, 1.807) is 6.20 Å². The Morgan fingerprint density at radius 2 is 1.77 bits per heavy atom. The first-order chi connectivity index (χ1) is 16.8. The predicted octanol–water partition coefficient (Wildman–Crippen LogP) is 5.25. The van der Waals surface area contributed by atoms with Crippen LogP contribution in [-0.2, 0) is 22.4 Å². The Hall–Kier alpha value is -3.58. The van der Waals surface area contributed by atoms with Crippen molar-refractivity contribution >= 4 is 16.7 Å². The number of nitrogens with two attached hydrogens (primary N) is 1. The van der Waals surface area contributed by atoms with Gasteiger partial charge in [-0.25, -0.2) is 0 Å². The summed E-state index contributed by atoms with van der Waals surface area (Å²) in [6.45, 7) is 5.90. The van der Waals surface area contributed by atoms with Crippen molar-refractivity contribution in [3.05, 3.63) is 78.4 Å². The summed E-state index contributed by atoms with van der Waals surface area (Å²) in [6.07, 6.45) is 6.73. The summed E-state index contributed by atoms with van der Waals surface area (Å²) in [5.74, 6) is 1.02. The molecule has 2 aromatic carbocycles. The zero-order valence-corrected chi connectivity index (χ0v) is 20.6. The molecule has 2 heterocycles. The number of unbranched alkanes of at least 4 members (excludes halogenated alkanes) is 1. The summed E-state index contributed by atoms with van der Waals surface area (Å²) < 4.78 is 8.29. The minimum Gasteiger partial charge on any atom is -0.370 e. The number of hydrogen-bond acceptors (Lipinski definition) is 5. The number of primary amides is 1. The number of fused-ring (bicyclic) bond motifs is 1. The molecule has 0 aliphatic heterocycles. The molecule has 35 heavy (non-hydrogen) atoms. The maximum Gasteiger partial charge on any atom is 0.221 e. The van der Waals surface area contributed by atoms with Crippen LogP contribution in [0.25, 0.3) is 22.2 Å². The highest BCUT2D eigenvalue weighted by Crippen LogP contribution is 2.31. The van der Waals surface area contributed by atoms with Gasteiger partial charge in [0, 0.05) is 29.8 Å². The number of aryl methyl sites for hydroxylation is 2. The van der Waals surface area contributed by atoms with Crippen LogP contribution in [0.1, 0.15) is 57.6 Å². The Balaban J connectivity index is 1.66. The van der Waals surface area contributed by atoms with E-state index in [1.165, 1.54) is 5.56 Å². The van der Waals surface area contributed by atoms with E-state index < -0.39 is 17.7 Å². The molecule has 0 aliphatic rings. The number of nitrogens with zero attached hydrogens (tertiary/aromatic N) is 4. The summed E-state index contributed by atoms with van der Waals surface area (Å²) in [5, 5.41) is 11.2. The number of hydrogen-bond donors (Lipinski definition) is 1. The van der Waals surface area contributed by atoms with Gasteiger partial charge in [-0.15, -0.1) is 10.2 Å². The molecule has 2 aromatic heterocycles. The molecule has 2 N–H and O–H groups in total. The molecule has 182 valence electrons. The van der Waals surface area contributed by atoms with Crippen molar-refractivity contribution in [1.82, 2.24) is 19.7 Å². The molecule has 4 rings (SSSR count). The summed E-state index contributed by atoms with van der Waals surface area (Å²) in [7, 11) is 0. The number of rotatable bonds is 10. The van der Waals surface area contributed by atoms with Gasteiger partial charge >= 0.3 is 0 Å². The van der Waals surface area contributed by atoms with Crippen molar-refractivity contribution in [2.45, 2.75) is 64.7 Å². The molecular weight excluding hydrogens is 438 g/mol. The SMILES string of the molecule is CC(C)(C)OC(CC(N)=O)n1c(CCCCc2ccccc2)nnc1-c1ccc2cnccc2c1. The van der Waals surface area contributed by atoms with Gasteiger partial charge in [0.15, 0.2) is 5.82 Å². The lowest BCUT2D eigenvalue weighted by atomic mass is 10.1. The molecule has 0 saturated heterocycles. The third-order valence-electron chi connectivity index (χ3n) is 5.78. The Kier molecular flexibility index (Phi) is 7.56. The van der Waals surface area contributed by atoms with E-state index in [0.29, 0.717) is 5.82 Å². The van der Waals surface area contributed by atoms with Crippen LogP contribution in [0.15, 0.2) is 67.0 Å². The summed E-state index contributed by atoms with van der Waals surface area (Å²) in [5.41, 5.74) is 7.38. The van der Waals surface area contributed by atoms with Gasteiger partial charge in [-0.1, -0.05) is 42.5 Å². The average Bonchev–Trinajstić information content (AvgIpc) is 3.24. The lowest BCUT2D eigenvalue weighted by Crippen LogP contribution is -2.30. The van der Waals surface area contributed by atoms with E-state index in [2.05, 4.69) is 45.5 Å². The van der Waals surface area contributed by atoms with Crippen molar-refractivity contribution in [3.8, 4) is 11.4 Å². The van der Waals surface area contributed by atoms with Crippen LogP contribution in [-0.4, -0.2) is 31.3 Å². The van der Waals surface area contributed by atoms with E-state index >= 15 is 0 Å². The van der Waals surface area contributed by atoms with Gasteiger partial charge in [-0.05, 0) is 63.1 Å². The fourth-order valence-corrected chi connectivity index (χ4v) is 4.24. The largest absolute Gasteiger partial charge is 0.370 e. The van der Waals surface area contributed by atoms with Crippen LogP contribution in [0.2, 0.25) is 0 Å². The number of amides is 1. The van der Waals surface area contributed by atoms with Gasteiger partial charge < -0.3 is 10.5 Å². The van der Waals surface area contributed by atoms with Crippen LogP contribution < -0.4 is 5.73 Å². The first-order valence-electron chi connectivity index (χ1n) is 12.1. The Labute approximate surface area is 206 Å². The van der Waals surface area contributed by atoms with E-state index in [0.717, 1.165) is 47.8 Å². The van der Waals surface area contributed by atoms with Gasteiger partial charge in [0.2, 0.25) is 5.91 Å². The van der Waals surface area contributed by atoms with E-state index in [9.17, 15) is 4.79 Å². The molecule has 1 atom stereocenters. The second-order valence-corrected chi connectivity index (χ2v) is 9.80. The number of carbonyl (C=O) groups excluding carboxylic acids is 1. The van der Waals surface area contributed by atoms with Crippen LogP contribution >= 0.6 is 0 Å². The van der Waals surface area contributed by atoms with Crippen molar-refractivity contribution in [3.63, 3.8) is 0 Å². The molecule has 0 saturated carbocycles. The van der Waals surface area contributed by atoms with E-state index in [4.69, 9.17) is 10.5 Å². The van der Waals surface area contributed by atoms with E-state index in [-0.39, 0.29) is 6.42 Å². The van der Waals surface area contributed by atoms with Crippen LogP contribution in [0.5, 0.6) is 0 Å². The topological polar surface area (TPSA) is 95.9 Å². The fraction of sp³-hybridized carbons (Fsp3) is 0.357. The first-order valence-corrected chi connectivity index (χ1v) is 12.1. The zero-order chi connectivity index (χ0) is 24.8. The van der Waals surface area contributed by atoms with Gasteiger partial charge in [0.1, 0.15) is 12.1 Å². The molecule has 0 fully saturated rings. The lowest BCUT2D eigenvalue weighted by molar-refractivity contribution is -0.132. The summed E-state index contributed by atoms with van der Waals surface area (Å²) >= 11 is 0. The van der Waals surface area contributed by atoms with Gasteiger partial charge in [0.05, 0.1) is 12.0 Å². The first kappa shape index (κ1) is 24.5. The zero-order valence-electron chi connectivity index (χ0n) is 20.6. The predicted molar refractivity (Wildman–Crippen MR) is 138 cm³/mol. The highest BCUT2D eigenvalue weighted by atomic mass is 16.5. The minimum atomic E-state index is -0.602. The van der Waals surface area contributed by atoms with Crippen molar-refractivity contribution in [1.29, 1.82) is 0 Å². The molecule has 1 unspecified atom stereocenters. The molecule has 0 radical (unpaired) electrons. The molecule has 7 heteroatoms. The van der Waals surface area contributed by atoms with E-state index in [1.807, 2.05) is 55.8 Å². The van der Waals surface area contributed by atoms with Gasteiger partial charge in [-0.3, -0.25) is 14.3 Å². The fourth-order valence-electron chi connectivity index (χ4n) is 4.24. The molecule has 7 nitrogen and oxygen atoms in total. The third-order valence-corrected chi connectivity index (χ3v) is 5.78. The maximum absolute atomic E-state index is 12.0. The maximum atomic E-state index is 12.0. The van der Waals surface area contributed by atoms with Gasteiger partial charge in [-0.2, -0.15) is 0 Å². The van der Waals surface area contributed by atoms with Crippen LogP contribution in [0.3, 0.4) is 0 Å². The van der Waals surface area contributed by atoms with Crippen molar-refractivity contribution in [2.24, 2.45) is 5.73 Å². The van der Waals surface area contributed by atoms with Gasteiger partial charge in [0.25, 0.3) is 0 Å². The highest BCUT2D eigenvalue weighted by Gasteiger charge is 2.28. The molecule has 1 amide bonds. The number of aromatic nitrogens is 4. The summed E-state index contributed by atoms with van der Waals surface area (Å²) in [4.78, 5) is 16.2. The molecule has 0 aliphatic carbocycles. The molecular formula is C28H33N5O2. The highest BCUT2D eigenvalue weighted by molar-refractivity contribution is 5.85. The number of carbonyl (C=O) groups is 1. The quantitative estimate of drug-likeness (QED) is 0.319. The smallest absolute Gasteiger partial charge is 0.221 e. The second kappa shape index (κ2) is 10.8. The molecule has 0 bridgehead atoms. The Morgan fingerprint density at radius 1 is 1.00 bits per heavy atom. The third kappa shape index (κ3) is 6.51. The Morgan fingerprint density at radius 3 is 2.51 bits per heavy atom. The average molecular weight is 472 g/mol. The normalized spacial score (nSPS) is 12.7. The summed E-state index contributed by atoms with van der Waals surface area (Å²) in [6, 6.07) is 18.5. The molecule has 0 spiro atoms. The number of pyridine rings is 1. The van der Waals surface area contributed by atoms with Crippen molar-refractivity contribution < 1.29 is 9.53 Å². The molecule has 4 aromatic rings. The van der Waals surface area contributed by atoms with Crippen LogP contribution in [0, 0.1) is 0 Å². The minimum absolute atomic E-state index is 0.0385.